The summed E-state index contributed by atoms with van der Waals surface area (Å²) >= 11 is 2.08. The molecule has 0 atom stereocenters. The lowest BCUT2D eigenvalue weighted by atomic mass is 9.95. The van der Waals surface area contributed by atoms with Gasteiger partial charge in [-0.25, -0.2) is 0 Å². The quantitative estimate of drug-likeness (QED) is 0.809. The predicted octanol–water partition coefficient (Wildman–Crippen LogP) is 2.76. The van der Waals surface area contributed by atoms with E-state index in [2.05, 4.69) is 38.1 Å². The largest absolute Gasteiger partial charge is 0.497 e. The Bertz CT molecular complexity index is 669. The minimum atomic E-state index is -0.459. The molecule has 5 nitrogen and oxygen atoms in total. The molecule has 0 bridgehead atoms. The van der Waals surface area contributed by atoms with Gasteiger partial charge in [0.25, 0.3) is 0 Å². The van der Waals surface area contributed by atoms with E-state index in [1.54, 1.807) is 13.2 Å². The van der Waals surface area contributed by atoms with Gasteiger partial charge in [0.2, 0.25) is 5.91 Å². The first-order chi connectivity index (χ1) is 10.1. The van der Waals surface area contributed by atoms with Crippen LogP contribution < -0.4 is 10.1 Å². The molecule has 1 aliphatic carbocycles. The molecule has 0 spiro atoms. The number of amides is 1. The maximum Gasteiger partial charge on any atom is 0.236 e. The molecule has 6 heteroatoms. The first-order valence-electron chi connectivity index (χ1n) is 6.59. The van der Waals surface area contributed by atoms with Crippen LogP contribution in [-0.4, -0.2) is 23.2 Å². The number of rotatable bonds is 4. The van der Waals surface area contributed by atoms with E-state index in [9.17, 15) is 4.79 Å². The van der Waals surface area contributed by atoms with Crippen molar-refractivity contribution in [2.24, 2.45) is 0 Å². The highest BCUT2D eigenvalue weighted by atomic mass is 127. The number of aromatic nitrogens is 2. The Kier molecular flexibility index (Phi) is 3.79. The maximum absolute atomic E-state index is 12.6. The smallest absolute Gasteiger partial charge is 0.236 e. The second-order valence-electron chi connectivity index (χ2n) is 5.01. The van der Waals surface area contributed by atoms with Crippen molar-refractivity contribution in [3.05, 3.63) is 45.7 Å². The van der Waals surface area contributed by atoms with E-state index in [0.29, 0.717) is 5.82 Å². The van der Waals surface area contributed by atoms with Gasteiger partial charge in [-0.2, -0.15) is 0 Å². The number of hydrogen-bond donors (Lipinski definition) is 1. The fourth-order valence-electron chi connectivity index (χ4n) is 2.31. The Morgan fingerprint density at radius 1 is 1.29 bits per heavy atom. The molecule has 1 aliphatic rings. The lowest BCUT2D eigenvalue weighted by Crippen LogP contribution is -2.28. The molecule has 1 heterocycles. The lowest BCUT2D eigenvalue weighted by Gasteiger charge is -2.16. The molecule has 1 aromatic heterocycles. The van der Waals surface area contributed by atoms with E-state index >= 15 is 0 Å². The summed E-state index contributed by atoms with van der Waals surface area (Å²) in [6.07, 6.45) is 1.67. The number of ether oxygens (including phenoxy) is 1. The molecular weight excluding hydrogens is 381 g/mol. The van der Waals surface area contributed by atoms with Crippen molar-refractivity contribution in [3.8, 4) is 5.75 Å². The van der Waals surface area contributed by atoms with Gasteiger partial charge >= 0.3 is 0 Å². The van der Waals surface area contributed by atoms with Crippen LogP contribution >= 0.6 is 22.6 Å². The predicted molar refractivity (Wildman–Crippen MR) is 87.3 cm³/mol. The molecule has 2 aromatic rings. The van der Waals surface area contributed by atoms with Gasteiger partial charge < -0.3 is 10.1 Å². The average molecular weight is 395 g/mol. The zero-order chi connectivity index (χ0) is 14.9. The van der Waals surface area contributed by atoms with Crippen molar-refractivity contribution in [1.82, 2.24) is 10.2 Å². The Labute approximate surface area is 136 Å². The Balaban J connectivity index is 1.81. The van der Waals surface area contributed by atoms with Crippen molar-refractivity contribution in [1.29, 1.82) is 0 Å². The fourth-order valence-corrected chi connectivity index (χ4v) is 2.60. The van der Waals surface area contributed by atoms with Crippen molar-refractivity contribution < 1.29 is 9.53 Å². The molecule has 1 amide bonds. The van der Waals surface area contributed by atoms with Crippen LogP contribution in [0.1, 0.15) is 18.4 Å². The number of nitrogens with one attached hydrogen (secondary N) is 1. The second kappa shape index (κ2) is 5.59. The van der Waals surface area contributed by atoms with Crippen LogP contribution in [0.15, 0.2) is 36.4 Å². The summed E-state index contributed by atoms with van der Waals surface area (Å²) in [4.78, 5) is 12.6. The van der Waals surface area contributed by atoms with Gasteiger partial charge in [0, 0.05) is 0 Å². The minimum absolute atomic E-state index is 0.0359. The number of nitrogens with zero attached hydrogens (tertiary/aromatic N) is 2. The summed E-state index contributed by atoms with van der Waals surface area (Å²) in [5.74, 6) is 1.21. The molecule has 0 radical (unpaired) electrons. The third-order valence-electron chi connectivity index (χ3n) is 3.68. The zero-order valence-corrected chi connectivity index (χ0v) is 13.6. The second-order valence-corrected chi connectivity index (χ2v) is 6.11. The van der Waals surface area contributed by atoms with Crippen LogP contribution in [-0.2, 0) is 10.2 Å². The minimum Gasteiger partial charge on any atom is -0.497 e. The summed E-state index contributed by atoms with van der Waals surface area (Å²) in [5.41, 5.74) is 0.525. The number of benzene rings is 1. The summed E-state index contributed by atoms with van der Waals surface area (Å²) < 4.78 is 6.03. The monoisotopic (exact) mass is 395 g/mol. The van der Waals surface area contributed by atoms with Crippen LogP contribution in [0.4, 0.5) is 5.82 Å². The zero-order valence-electron chi connectivity index (χ0n) is 11.5. The van der Waals surface area contributed by atoms with Crippen molar-refractivity contribution >= 4 is 34.3 Å². The molecule has 1 fully saturated rings. The topological polar surface area (TPSA) is 64.1 Å². The number of halogens is 1. The van der Waals surface area contributed by atoms with Crippen LogP contribution in [0.2, 0.25) is 0 Å². The van der Waals surface area contributed by atoms with Crippen molar-refractivity contribution in [2.45, 2.75) is 18.3 Å². The van der Waals surface area contributed by atoms with Gasteiger partial charge in [-0.15, -0.1) is 10.2 Å². The standard InChI is InChI=1S/C15H14IN3O2/c1-21-11-4-2-3-10(9-11)15(7-8-15)14(20)17-13-6-5-12(16)18-19-13/h2-6,9H,7-8H2,1H3,(H,17,19,20). The van der Waals surface area contributed by atoms with Gasteiger partial charge in [0.05, 0.1) is 12.5 Å². The van der Waals surface area contributed by atoms with Crippen molar-refractivity contribution in [3.63, 3.8) is 0 Å². The molecule has 1 saturated carbocycles. The summed E-state index contributed by atoms with van der Waals surface area (Å²) in [7, 11) is 1.62. The van der Waals surface area contributed by atoms with Crippen LogP contribution in [0.3, 0.4) is 0 Å². The molecule has 21 heavy (non-hydrogen) atoms. The highest BCUT2D eigenvalue weighted by Gasteiger charge is 2.51. The third-order valence-corrected chi connectivity index (χ3v) is 4.26. The summed E-state index contributed by atoms with van der Waals surface area (Å²) in [6, 6.07) is 11.2. The molecule has 0 saturated heterocycles. The summed E-state index contributed by atoms with van der Waals surface area (Å²) in [5, 5.41) is 10.8. The SMILES string of the molecule is COc1cccc(C2(C(=O)Nc3ccc(I)nn3)CC2)c1. The number of carbonyl (C=O) groups excluding carboxylic acids is 1. The van der Waals surface area contributed by atoms with Gasteiger partial charge in [-0.3, -0.25) is 4.79 Å². The summed E-state index contributed by atoms with van der Waals surface area (Å²) in [6.45, 7) is 0. The number of methoxy groups -OCH3 is 1. The first-order valence-corrected chi connectivity index (χ1v) is 7.67. The van der Waals surface area contributed by atoms with Crippen LogP contribution in [0.25, 0.3) is 0 Å². The van der Waals surface area contributed by atoms with Gasteiger partial charge in [0.1, 0.15) is 9.45 Å². The number of carbonyl (C=O) groups is 1. The van der Waals surface area contributed by atoms with E-state index in [1.807, 2.05) is 30.3 Å². The van der Waals surface area contributed by atoms with E-state index in [4.69, 9.17) is 4.74 Å². The van der Waals surface area contributed by atoms with Gasteiger partial charge in [0.15, 0.2) is 5.82 Å². The Morgan fingerprint density at radius 3 is 2.71 bits per heavy atom. The molecule has 108 valence electrons. The normalized spacial score (nSPS) is 15.3. The van der Waals surface area contributed by atoms with Crippen LogP contribution in [0, 0.1) is 3.70 Å². The van der Waals surface area contributed by atoms with Crippen LogP contribution in [0.5, 0.6) is 5.75 Å². The molecular formula is C15H14IN3O2. The van der Waals surface area contributed by atoms with Gasteiger partial charge in [-0.1, -0.05) is 12.1 Å². The molecule has 0 unspecified atom stereocenters. The Morgan fingerprint density at radius 2 is 2.10 bits per heavy atom. The first kappa shape index (κ1) is 14.2. The van der Waals surface area contributed by atoms with E-state index in [1.165, 1.54) is 0 Å². The Hall–Kier alpha value is -1.70. The maximum atomic E-state index is 12.6. The van der Waals surface area contributed by atoms with Crippen molar-refractivity contribution in [2.75, 3.05) is 12.4 Å². The highest BCUT2D eigenvalue weighted by molar-refractivity contribution is 14.1. The van der Waals surface area contributed by atoms with E-state index in [0.717, 1.165) is 27.9 Å². The van der Waals surface area contributed by atoms with E-state index in [-0.39, 0.29) is 5.91 Å². The molecule has 0 aliphatic heterocycles. The molecule has 1 N–H and O–H groups in total. The highest BCUT2D eigenvalue weighted by Crippen LogP contribution is 2.49. The fraction of sp³-hybridized carbons (Fsp3) is 0.267. The lowest BCUT2D eigenvalue weighted by molar-refractivity contribution is -0.118. The molecule has 3 rings (SSSR count). The number of anilines is 1. The molecule has 1 aromatic carbocycles. The average Bonchev–Trinajstić information content (AvgIpc) is 3.31. The van der Waals surface area contributed by atoms with Gasteiger partial charge in [-0.05, 0) is 65.3 Å². The van der Waals surface area contributed by atoms with E-state index < -0.39 is 5.41 Å². The number of hydrogen-bond acceptors (Lipinski definition) is 4. The third kappa shape index (κ3) is 2.85.